The third-order valence-corrected chi connectivity index (χ3v) is 2.28. The maximum Gasteiger partial charge on any atom is 0.306 e. The van der Waals surface area contributed by atoms with E-state index < -0.39 is 0 Å². The summed E-state index contributed by atoms with van der Waals surface area (Å²) in [4.78, 5) is 11.2. The van der Waals surface area contributed by atoms with Gasteiger partial charge in [0.15, 0.2) is 0 Å². The lowest BCUT2D eigenvalue weighted by Gasteiger charge is -2.15. The summed E-state index contributed by atoms with van der Waals surface area (Å²) in [6.07, 6.45) is 8.67. The second kappa shape index (κ2) is 6.40. The zero-order valence-corrected chi connectivity index (χ0v) is 9.31. The molecule has 84 valence electrons. The summed E-state index contributed by atoms with van der Waals surface area (Å²) in [6, 6.07) is 0. The van der Waals surface area contributed by atoms with Crippen LogP contribution in [0.2, 0.25) is 0 Å². The molecule has 15 heavy (non-hydrogen) atoms. The molecule has 0 unspecified atom stereocenters. The molecule has 1 rings (SSSR count). The van der Waals surface area contributed by atoms with Crippen molar-refractivity contribution in [3.8, 4) is 0 Å². The number of ether oxygens (including phenoxy) is 2. The standard InChI is InChI=1S/C12H18O3/c1-3-15-12(13)8-10-4-6-11(7-5-10)9-14-2/h4-7,10-11H,3,8-9H2,1-2H3. The highest BCUT2D eigenvalue weighted by Crippen LogP contribution is 2.18. The van der Waals surface area contributed by atoms with Crippen molar-refractivity contribution in [2.24, 2.45) is 11.8 Å². The van der Waals surface area contributed by atoms with Crippen molar-refractivity contribution in [1.29, 1.82) is 0 Å². The monoisotopic (exact) mass is 210 g/mol. The summed E-state index contributed by atoms with van der Waals surface area (Å²) in [7, 11) is 1.69. The van der Waals surface area contributed by atoms with E-state index in [9.17, 15) is 4.79 Å². The average molecular weight is 210 g/mol. The highest BCUT2D eigenvalue weighted by Gasteiger charge is 2.13. The lowest BCUT2D eigenvalue weighted by molar-refractivity contribution is -0.143. The maximum atomic E-state index is 11.2. The molecule has 0 amide bonds. The molecular formula is C12H18O3. The summed E-state index contributed by atoms with van der Waals surface area (Å²) in [5.41, 5.74) is 0. The Morgan fingerprint density at radius 1 is 1.20 bits per heavy atom. The number of hydrogen-bond acceptors (Lipinski definition) is 3. The molecule has 0 spiro atoms. The van der Waals surface area contributed by atoms with Gasteiger partial charge in [-0.1, -0.05) is 24.3 Å². The van der Waals surface area contributed by atoms with Crippen molar-refractivity contribution >= 4 is 5.97 Å². The van der Waals surface area contributed by atoms with Crippen molar-refractivity contribution in [2.75, 3.05) is 20.3 Å². The zero-order chi connectivity index (χ0) is 11.1. The first kappa shape index (κ1) is 12.0. The fraction of sp³-hybridized carbons (Fsp3) is 0.583. The van der Waals surface area contributed by atoms with Crippen LogP contribution in [0.15, 0.2) is 24.3 Å². The second-order valence-electron chi connectivity index (χ2n) is 3.56. The largest absolute Gasteiger partial charge is 0.466 e. The zero-order valence-electron chi connectivity index (χ0n) is 9.31. The van der Waals surface area contributed by atoms with Crippen molar-refractivity contribution in [1.82, 2.24) is 0 Å². The van der Waals surface area contributed by atoms with E-state index in [1.54, 1.807) is 7.11 Å². The van der Waals surface area contributed by atoms with Gasteiger partial charge >= 0.3 is 5.97 Å². The van der Waals surface area contributed by atoms with Crippen LogP contribution in [0.25, 0.3) is 0 Å². The third-order valence-electron chi connectivity index (χ3n) is 2.28. The van der Waals surface area contributed by atoms with Crippen LogP contribution in [0.1, 0.15) is 13.3 Å². The summed E-state index contributed by atoms with van der Waals surface area (Å²) >= 11 is 0. The fourth-order valence-corrected chi connectivity index (χ4v) is 1.55. The van der Waals surface area contributed by atoms with Gasteiger partial charge in [0.1, 0.15) is 0 Å². The van der Waals surface area contributed by atoms with Gasteiger partial charge in [-0.25, -0.2) is 0 Å². The highest BCUT2D eigenvalue weighted by molar-refractivity contribution is 5.70. The quantitative estimate of drug-likeness (QED) is 0.514. The van der Waals surface area contributed by atoms with E-state index in [2.05, 4.69) is 12.2 Å². The normalized spacial score (nSPS) is 24.1. The van der Waals surface area contributed by atoms with Gasteiger partial charge in [0.25, 0.3) is 0 Å². The molecule has 0 aromatic heterocycles. The number of esters is 1. The van der Waals surface area contributed by atoms with Crippen molar-refractivity contribution in [3.05, 3.63) is 24.3 Å². The minimum atomic E-state index is -0.137. The lowest BCUT2D eigenvalue weighted by Crippen LogP contribution is -2.12. The Labute approximate surface area is 90.8 Å². The van der Waals surface area contributed by atoms with Gasteiger partial charge < -0.3 is 9.47 Å². The van der Waals surface area contributed by atoms with Gasteiger partial charge in [-0.05, 0) is 6.92 Å². The number of carbonyl (C=O) groups excluding carboxylic acids is 1. The van der Waals surface area contributed by atoms with Crippen molar-refractivity contribution < 1.29 is 14.3 Å². The van der Waals surface area contributed by atoms with Crippen LogP contribution in [0, 0.1) is 11.8 Å². The number of hydrogen-bond donors (Lipinski definition) is 0. The molecular weight excluding hydrogens is 192 g/mol. The molecule has 0 saturated carbocycles. The molecule has 0 heterocycles. The van der Waals surface area contributed by atoms with Crippen molar-refractivity contribution in [2.45, 2.75) is 13.3 Å². The Kier molecular flexibility index (Phi) is 5.12. The van der Waals surface area contributed by atoms with Gasteiger partial charge in [0.2, 0.25) is 0 Å². The van der Waals surface area contributed by atoms with E-state index in [1.165, 1.54) is 0 Å². The smallest absolute Gasteiger partial charge is 0.306 e. The first-order chi connectivity index (χ1) is 7.26. The molecule has 0 aromatic carbocycles. The molecule has 0 atom stereocenters. The number of methoxy groups -OCH3 is 1. The summed E-state index contributed by atoms with van der Waals surface area (Å²) in [5, 5.41) is 0. The van der Waals surface area contributed by atoms with Crippen LogP contribution in [0.5, 0.6) is 0 Å². The van der Waals surface area contributed by atoms with Gasteiger partial charge in [-0.3, -0.25) is 4.79 Å². The van der Waals surface area contributed by atoms with Crippen LogP contribution in [-0.2, 0) is 14.3 Å². The molecule has 0 aliphatic heterocycles. The lowest BCUT2D eigenvalue weighted by atomic mass is 9.94. The Balaban J connectivity index is 2.33. The molecule has 1 aliphatic rings. The van der Waals surface area contributed by atoms with Gasteiger partial charge in [0, 0.05) is 18.9 Å². The number of allylic oxidation sites excluding steroid dienone is 2. The van der Waals surface area contributed by atoms with E-state index in [0.29, 0.717) is 25.6 Å². The first-order valence-electron chi connectivity index (χ1n) is 5.27. The molecule has 0 fully saturated rings. The predicted molar refractivity (Wildman–Crippen MR) is 58.4 cm³/mol. The van der Waals surface area contributed by atoms with Crippen LogP contribution in [-0.4, -0.2) is 26.3 Å². The molecule has 3 nitrogen and oxygen atoms in total. The van der Waals surface area contributed by atoms with Gasteiger partial charge in [-0.2, -0.15) is 0 Å². The maximum absolute atomic E-state index is 11.2. The second-order valence-corrected chi connectivity index (χ2v) is 3.56. The van der Waals surface area contributed by atoms with Gasteiger partial charge in [0.05, 0.1) is 19.6 Å². The van der Waals surface area contributed by atoms with Crippen LogP contribution >= 0.6 is 0 Å². The van der Waals surface area contributed by atoms with Gasteiger partial charge in [-0.15, -0.1) is 0 Å². The highest BCUT2D eigenvalue weighted by atomic mass is 16.5. The first-order valence-corrected chi connectivity index (χ1v) is 5.27. The van der Waals surface area contributed by atoms with Crippen LogP contribution < -0.4 is 0 Å². The van der Waals surface area contributed by atoms with E-state index in [4.69, 9.17) is 9.47 Å². The molecule has 0 radical (unpaired) electrons. The van der Waals surface area contributed by atoms with E-state index in [-0.39, 0.29) is 11.9 Å². The number of carbonyl (C=O) groups is 1. The fourth-order valence-electron chi connectivity index (χ4n) is 1.55. The Morgan fingerprint density at radius 2 is 1.80 bits per heavy atom. The minimum Gasteiger partial charge on any atom is -0.466 e. The van der Waals surface area contributed by atoms with Crippen molar-refractivity contribution in [3.63, 3.8) is 0 Å². The van der Waals surface area contributed by atoms with Crippen LogP contribution in [0.3, 0.4) is 0 Å². The molecule has 0 bridgehead atoms. The van der Waals surface area contributed by atoms with E-state index >= 15 is 0 Å². The molecule has 0 aromatic rings. The molecule has 0 N–H and O–H groups in total. The summed E-state index contributed by atoms with van der Waals surface area (Å²) < 4.78 is 9.93. The Hall–Kier alpha value is -1.09. The topological polar surface area (TPSA) is 35.5 Å². The Bertz CT molecular complexity index is 242. The summed E-state index contributed by atoms with van der Waals surface area (Å²) in [6.45, 7) is 2.96. The molecule has 1 aliphatic carbocycles. The van der Waals surface area contributed by atoms with E-state index in [0.717, 1.165) is 0 Å². The van der Waals surface area contributed by atoms with E-state index in [1.807, 2.05) is 19.1 Å². The average Bonchev–Trinajstić information content (AvgIpc) is 2.22. The molecule has 0 saturated heterocycles. The third kappa shape index (κ3) is 4.30. The summed E-state index contributed by atoms with van der Waals surface area (Å²) in [5.74, 6) is 0.382. The Morgan fingerprint density at radius 3 is 2.33 bits per heavy atom. The predicted octanol–water partition coefficient (Wildman–Crippen LogP) is 1.94. The minimum absolute atomic E-state index is 0.137. The number of rotatable bonds is 5. The molecule has 3 heteroatoms. The SMILES string of the molecule is CCOC(=O)CC1C=CC(COC)C=C1. The van der Waals surface area contributed by atoms with Crippen LogP contribution in [0.4, 0.5) is 0 Å².